The molecule has 1 aliphatic heterocycles. The largest absolute Gasteiger partial charge is 0.443 e. The van der Waals surface area contributed by atoms with Crippen LogP contribution in [0, 0.1) is 13.8 Å². The quantitative estimate of drug-likeness (QED) is 0.547. The summed E-state index contributed by atoms with van der Waals surface area (Å²) in [5, 5.41) is 6.68. The average Bonchev–Trinajstić information content (AvgIpc) is 3.23. The number of piperazine rings is 1. The molecule has 2 aromatic rings. The third-order valence-electron chi connectivity index (χ3n) is 5.93. The number of rotatable bonds is 6. The molecule has 1 aliphatic rings. The van der Waals surface area contributed by atoms with Crippen LogP contribution < -0.4 is 15.5 Å². The summed E-state index contributed by atoms with van der Waals surface area (Å²) in [6.45, 7) is 17.4. The summed E-state index contributed by atoms with van der Waals surface area (Å²) in [5.41, 5.74) is 4.10. The first-order valence-corrected chi connectivity index (χ1v) is 11.2. The molecular weight excluding hydrogens is 388 g/mol. The van der Waals surface area contributed by atoms with Crippen molar-refractivity contribution in [3.63, 3.8) is 0 Å². The summed E-state index contributed by atoms with van der Waals surface area (Å²) in [5.74, 6) is 2.34. The molecular formula is C24H38N6O. The molecule has 0 radical (unpaired) electrons. The molecule has 7 heteroatoms. The van der Waals surface area contributed by atoms with Crippen LogP contribution in [0.4, 0.5) is 5.69 Å². The molecule has 7 nitrogen and oxygen atoms in total. The van der Waals surface area contributed by atoms with Gasteiger partial charge < -0.3 is 20.0 Å². The van der Waals surface area contributed by atoms with Gasteiger partial charge in [0.15, 0.2) is 5.96 Å². The monoisotopic (exact) mass is 426 g/mol. The molecule has 1 aromatic heterocycles. The van der Waals surface area contributed by atoms with Crippen LogP contribution in [0.3, 0.4) is 0 Å². The van der Waals surface area contributed by atoms with Crippen LogP contribution in [0.25, 0.3) is 0 Å². The van der Waals surface area contributed by atoms with E-state index in [1.165, 1.54) is 16.8 Å². The Bertz CT molecular complexity index is 874. The van der Waals surface area contributed by atoms with Crippen molar-refractivity contribution in [2.45, 2.75) is 46.6 Å². The van der Waals surface area contributed by atoms with E-state index in [0.717, 1.165) is 51.0 Å². The molecule has 1 saturated heterocycles. The summed E-state index contributed by atoms with van der Waals surface area (Å²) in [7, 11) is 1.79. The van der Waals surface area contributed by atoms with Crippen molar-refractivity contribution in [3.05, 3.63) is 47.2 Å². The first kappa shape index (κ1) is 23.1. The van der Waals surface area contributed by atoms with Crippen molar-refractivity contribution in [2.24, 2.45) is 4.99 Å². The maximum atomic E-state index is 5.84. The second-order valence-corrected chi connectivity index (χ2v) is 9.27. The van der Waals surface area contributed by atoms with Crippen molar-refractivity contribution < 1.29 is 4.42 Å². The summed E-state index contributed by atoms with van der Waals surface area (Å²) >= 11 is 0. The number of benzene rings is 1. The van der Waals surface area contributed by atoms with E-state index >= 15 is 0 Å². The van der Waals surface area contributed by atoms with Crippen molar-refractivity contribution in [1.29, 1.82) is 0 Å². The van der Waals surface area contributed by atoms with Crippen LogP contribution in [-0.2, 0) is 12.0 Å². The maximum Gasteiger partial charge on any atom is 0.213 e. The van der Waals surface area contributed by atoms with Crippen LogP contribution in [0.15, 0.2) is 33.8 Å². The molecule has 0 atom stereocenters. The molecule has 0 spiro atoms. The van der Waals surface area contributed by atoms with E-state index < -0.39 is 0 Å². The fourth-order valence-corrected chi connectivity index (χ4v) is 3.74. The van der Waals surface area contributed by atoms with E-state index in [-0.39, 0.29) is 5.41 Å². The SMILES string of the molecule is CN=C(NCCN1CCN(c2cccc(C)c2C)CC1)NCc1ncc(C(C)(C)C)o1. The lowest BCUT2D eigenvalue weighted by Gasteiger charge is -2.37. The van der Waals surface area contributed by atoms with Gasteiger partial charge in [-0.15, -0.1) is 0 Å². The molecule has 0 saturated carbocycles. The highest BCUT2D eigenvalue weighted by atomic mass is 16.4. The zero-order valence-corrected chi connectivity index (χ0v) is 20.0. The van der Waals surface area contributed by atoms with E-state index in [9.17, 15) is 0 Å². The molecule has 170 valence electrons. The number of hydrogen-bond donors (Lipinski definition) is 2. The smallest absolute Gasteiger partial charge is 0.213 e. The summed E-state index contributed by atoms with van der Waals surface area (Å²) in [6, 6.07) is 6.59. The number of aliphatic imine (C=N–C) groups is 1. The van der Waals surface area contributed by atoms with Gasteiger partial charge in [-0.05, 0) is 31.0 Å². The first-order chi connectivity index (χ1) is 14.8. The number of oxazole rings is 1. The Balaban J connectivity index is 1.39. The second-order valence-electron chi connectivity index (χ2n) is 9.27. The van der Waals surface area contributed by atoms with Crippen molar-refractivity contribution in [3.8, 4) is 0 Å². The molecule has 0 unspecified atom stereocenters. The number of anilines is 1. The Morgan fingerprint density at radius 1 is 1.13 bits per heavy atom. The third kappa shape index (κ3) is 6.23. The van der Waals surface area contributed by atoms with E-state index in [1.54, 1.807) is 7.05 Å². The predicted octanol–water partition coefficient (Wildman–Crippen LogP) is 3.08. The Morgan fingerprint density at radius 2 is 1.87 bits per heavy atom. The van der Waals surface area contributed by atoms with E-state index in [2.05, 4.69) is 83.2 Å². The van der Waals surface area contributed by atoms with E-state index in [4.69, 9.17) is 4.42 Å². The van der Waals surface area contributed by atoms with E-state index in [0.29, 0.717) is 12.4 Å². The van der Waals surface area contributed by atoms with Gasteiger partial charge in [-0.2, -0.15) is 0 Å². The lowest BCUT2D eigenvalue weighted by Crippen LogP contribution is -2.49. The number of guanidine groups is 1. The summed E-state index contributed by atoms with van der Waals surface area (Å²) in [6.07, 6.45) is 1.81. The predicted molar refractivity (Wildman–Crippen MR) is 128 cm³/mol. The van der Waals surface area contributed by atoms with Gasteiger partial charge >= 0.3 is 0 Å². The van der Waals surface area contributed by atoms with Crippen LogP contribution in [0.5, 0.6) is 0 Å². The second kappa shape index (κ2) is 10.2. The lowest BCUT2D eigenvalue weighted by molar-refractivity contribution is 0.261. The van der Waals surface area contributed by atoms with Crippen molar-refractivity contribution in [1.82, 2.24) is 20.5 Å². The molecule has 0 bridgehead atoms. The Labute approximate surface area is 186 Å². The minimum atomic E-state index is -0.0345. The molecule has 2 N–H and O–H groups in total. The molecule has 31 heavy (non-hydrogen) atoms. The van der Waals surface area contributed by atoms with Gasteiger partial charge in [-0.25, -0.2) is 4.98 Å². The van der Waals surface area contributed by atoms with Gasteiger partial charge in [0, 0.05) is 57.4 Å². The number of nitrogens with one attached hydrogen (secondary N) is 2. The molecule has 0 aliphatic carbocycles. The minimum absolute atomic E-state index is 0.0345. The molecule has 3 rings (SSSR count). The number of nitrogens with zero attached hydrogens (tertiary/aromatic N) is 4. The summed E-state index contributed by atoms with van der Waals surface area (Å²) in [4.78, 5) is 13.7. The van der Waals surface area contributed by atoms with Crippen molar-refractivity contribution in [2.75, 3.05) is 51.2 Å². The Morgan fingerprint density at radius 3 is 2.52 bits per heavy atom. The Hall–Kier alpha value is -2.54. The van der Waals surface area contributed by atoms with Gasteiger partial charge in [-0.3, -0.25) is 9.89 Å². The van der Waals surface area contributed by atoms with Crippen LogP contribution in [-0.4, -0.2) is 62.2 Å². The van der Waals surface area contributed by atoms with E-state index in [1.807, 2.05) is 6.20 Å². The number of aromatic nitrogens is 1. The van der Waals surface area contributed by atoms with Gasteiger partial charge in [0.05, 0.1) is 12.7 Å². The Kier molecular flexibility index (Phi) is 7.59. The highest BCUT2D eigenvalue weighted by Crippen LogP contribution is 2.24. The fourth-order valence-electron chi connectivity index (χ4n) is 3.74. The van der Waals surface area contributed by atoms with Gasteiger partial charge in [0.1, 0.15) is 5.76 Å². The molecule has 1 aromatic carbocycles. The molecule has 1 fully saturated rings. The van der Waals surface area contributed by atoms with Gasteiger partial charge in [-0.1, -0.05) is 32.9 Å². The highest BCUT2D eigenvalue weighted by molar-refractivity contribution is 5.79. The lowest BCUT2D eigenvalue weighted by atomic mass is 9.94. The zero-order chi connectivity index (χ0) is 22.4. The topological polar surface area (TPSA) is 68.9 Å². The third-order valence-corrected chi connectivity index (χ3v) is 5.93. The number of hydrogen-bond acceptors (Lipinski definition) is 5. The zero-order valence-electron chi connectivity index (χ0n) is 20.0. The summed E-state index contributed by atoms with van der Waals surface area (Å²) < 4.78 is 5.84. The van der Waals surface area contributed by atoms with Crippen LogP contribution >= 0.6 is 0 Å². The highest BCUT2D eigenvalue weighted by Gasteiger charge is 2.20. The minimum Gasteiger partial charge on any atom is -0.443 e. The van der Waals surface area contributed by atoms with Gasteiger partial charge in [0.25, 0.3) is 0 Å². The van der Waals surface area contributed by atoms with Crippen molar-refractivity contribution >= 4 is 11.6 Å². The van der Waals surface area contributed by atoms with Crippen LogP contribution in [0.2, 0.25) is 0 Å². The molecule has 0 amide bonds. The fraction of sp³-hybridized carbons (Fsp3) is 0.583. The van der Waals surface area contributed by atoms with Gasteiger partial charge in [0.2, 0.25) is 5.89 Å². The normalized spacial score (nSPS) is 15.9. The first-order valence-electron chi connectivity index (χ1n) is 11.2. The average molecular weight is 427 g/mol. The maximum absolute atomic E-state index is 5.84. The van der Waals surface area contributed by atoms with Crippen LogP contribution in [0.1, 0.15) is 43.5 Å². The standard InChI is InChI=1S/C24H38N6O/c1-18-8-7-9-20(19(18)2)30-14-12-29(13-15-30)11-10-26-23(25-6)28-17-22-27-16-21(31-22)24(3,4)5/h7-9,16H,10-15,17H2,1-6H3,(H2,25,26,28). The molecule has 2 heterocycles. The number of aryl methyl sites for hydroxylation is 1.